The lowest BCUT2D eigenvalue weighted by Gasteiger charge is -2.21. The highest BCUT2D eigenvalue weighted by atomic mass is 32.1. The minimum absolute atomic E-state index is 0.203. The number of hydrogen-bond donors (Lipinski definition) is 2. The van der Waals surface area contributed by atoms with Crippen LogP contribution in [-0.2, 0) is 0 Å². The van der Waals surface area contributed by atoms with Gasteiger partial charge in [-0.2, -0.15) is 0 Å². The third kappa shape index (κ3) is 4.55. The first-order valence-corrected chi connectivity index (χ1v) is 8.49. The molecule has 0 saturated carbocycles. The Morgan fingerprint density at radius 3 is 2.25 bits per heavy atom. The first-order valence-electron chi connectivity index (χ1n) is 8.08. The molecule has 2 N–H and O–H groups in total. The number of nitrogens with zero attached hydrogens (tertiary/aromatic N) is 1. The molecule has 5 heteroatoms. The van der Waals surface area contributed by atoms with E-state index in [1.807, 2.05) is 49.4 Å². The molecule has 2 aromatic rings. The molecule has 24 heavy (non-hydrogen) atoms. The SMILES string of the molecule is CCN(CC)c1ccc(NC(=S)NC(=O)c2ccccc2C)cc1. The fraction of sp³-hybridized carbons (Fsp3) is 0.263. The molecular weight excluding hydrogens is 318 g/mol. The first-order chi connectivity index (χ1) is 11.5. The van der Waals surface area contributed by atoms with Crippen molar-refractivity contribution >= 4 is 34.6 Å². The number of carbonyl (C=O) groups excluding carboxylic acids is 1. The van der Waals surface area contributed by atoms with E-state index < -0.39 is 0 Å². The van der Waals surface area contributed by atoms with Gasteiger partial charge in [0.15, 0.2) is 5.11 Å². The summed E-state index contributed by atoms with van der Waals surface area (Å²) in [7, 11) is 0. The van der Waals surface area contributed by atoms with Crippen LogP contribution in [0.1, 0.15) is 29.8 Å². The van der Waals surface area contributed by atoms with Gasteiger partial charge in [-0.1, -0.05) is 18.2 Å². The monoisotopic (exact) mass is 341 g/mol. The zero-order chi connectivity index (χ0) is 17.5. The van der Waals surface area contributed by atoms with Gasteiger partial charge in [-0.3, -0.25) is 10.1 Å². The van der Waals surface area contributed by atoms with Crippen molar-refractivity contribution in [3.8, 4) is 0 Å². The second-order valence-corrected chi connectivity index (χ2v) is 5.85. The molecule has 0 aliphatic rings. The number of carbonyl (C=O) groups is 1. The molecule has 0 fully saturated rings. The summed E-state index contributed by atoms with van der Waals surface area (Å²) in [5.41, 5.74) is 3.56. The van der Waals surface area contributed by atoms with E-state index in [4.69, 9.17) is 12.2 Å². The molecule has 1 amide bonds. The van der Waals surface area contributed by atoms with Gasteiger partial charge in [0.05, 0.1) is 0 Å². The van der Waals surface area contributed by atoms with Crippen molar-refractivity contribution in [3.63, 3.8) is 0 Å². The smallest absolute Gasteiger partial charge is 0.257 e. The number of thiocarbonyl (C=S) groups is 1. The van der Waals surface area contributed by atoms with E-state index in [9.17, 15) is 4.79 Å². The summed E-state index contributed by atoms with van der Waals surface area (Å²) < 4.78 is 0. The maximum atomic E-state index is 12.2. The average Bonchev–Trinajstić information content (AvgIpc) is 2.57. The minimum atomic E-state index is -0.203. The van der Waals surface area contributed by atoms with Crippen molar-refractivity contribution in [1.29, 1.82) is 0 Å². The van der Waals surface area contributed by atoms with Crippen molar-refractivity contribution in [3.05, 3.63) is 59.7 Å². The number of hydrogen-bond acceptors (Lipinski definition) is 3. The lowest BCUT2D eigenvalue weighted by atomic mass is 10.1. The molecule has 2 rings (SSSR count). The zero-order valence-electron chi connectivity index (χ0n) is 14.3. The number of aryl methyl sites for hydroxylation is 1. The van der Waals surface area contributed by atoms with E-state index in [-0.39, 0.29) is 5.91 Å². The number of anilines is 2. The lowest BCUT2D eigenvalue weighted by Crippen LogP contribution is -2.34. The number of benzene rings is 2. The average molecular weight is 341 g/mol. The van der Waals surface area contributed by atoms with E-state index >= 15 is 0 Å². The van der Waals surface area contributed by atoms with Gasteiger partial charge in [-0.05, 0) is 68.9 Å². The second kappa shape index (κ2) is 8.45. The quantitative estimate of drug-likeness (QED) is 0.808. The van der Waals surface area contributed by atoms with Gasteiger partial charge < -0.3 is 10.2 Å². The van der Waals surface area contributed by atoms with Gasteiger partial charge in [0.2, 0.25) is 0 Å². The third-order valence-corrected chi connectivity index (χ3v) is 4.07. The van der Waals surface area contributed by atoms with Crippen LogP contribution in [0.3, 0.4) is 0 Å². The molecule has 0 saturated heterocycles. The maximum Gasteiger partial charge on any atom is 0.257 e. The summed E-state index contributed by atoms with van der Waals surface area (Å²) in [6.07, 6.45) is 0. The number of nitrogens with one attached hydrogen (secondary N) is 2. The molecule has 0 aliphatic heterocycles. The van der Waals surface area contributed by atoms with Gasteiger partial charge in [-0.15, -0.1) is 0 Å². The molecular formula is C19H23N3OS. The standard InChI is InChI=1S/C19H23N3OS/c1-4-22(5-2)16-12-10-15(11-13-16)20-19(24)21-18(23)17-9-7-6-8-14(17)3/h6-13H,4-5H2,1-3H3,(H2,20,21,23,24). The van der Waals surface area contributed by atoms with Crippen LogP contribution >= 0.6 is 12.2 Å². The van der Waals surface area contributed by atoms with Crippen LogP contribution in [0.25, 0.3) is 0 Å². The fourth-order valence-electron chi connectivity index (χ4n) is 2.50. The van der Waals surface area contributed by atoms with Gasteiger partial charge >= 0.3 is 0 Å². The Kier molecular flexibility index (Phi) is 6.32. The number of amides is 1. The Bertz CT molecular complexity index is 709. The van der Waals surface area contributed by atoms with Crippen molar-refractivity contribution in [2.45, 2.75) is 20.8 Å². The summed E-state index contributed by atoms with van der Waals surface area (Å²) in [4.78, 5) is 14.5. The highest BCUT2D eigenvalue weighted by Gasteiger charge is 2.10. The van der Waals surface area contributed by atoms with Crippen molar-refractivity contribution < 1.29 is 4.79 Å². The molecule has 0 heterocycles. The van der Waals surface area contributed by atoms with Crippen LogP contribution in [0.5, 0.6) is 0 Å². The Hall–Kier alpha value is -2.40. The van der Waals surface area contributed by atoms with Crippen LogP contribution in [0.4, 0.5) is 11.4 Å². The third-order valence-electron chi connectivity index (χ3n) is 3.87. The largest absolute Gasteiger partial charge is 0.372 e. The zero-order valence-corrected chi connectivity index (χ0v) is 15.1. The van der Waals surface area contributed by atoms with Gasteiger partial charge in [0.1, 0.15) is 0 Å². The molecule has 2 aromatic carbocycles. The van der Waals surface area contributed by atoms with Crippen LogP contribution in [0.15, 0.2) is 48.5 Å². The summed E-state index contributed by atoms with van der Waals surface area (Å²) in [5, 5.41) is 6.05. The molecule has 0 spiro atoms. The first kappa shape index (κ1) is 17.9. The van der Waals surface area contributed by atoms with Crippen LogP contribution < -0.4 is 15.5 Å². The van der Waals surface area contributed by atoms with E-state index in [1.165, 1.54) is 5.69 Å². The lowest BCUT2D eigenvalue weighted by molar-refractivity contribution is 0.0977. The molecule has 0 aromatic heterocycles. The predicted octanol–water partition coefficient (Wildman–Crippen LogP) is 3.97. The van der Waals surface area contributed by atoms with Crippen LogP contribution in [-0.4, -0.2) is 24.1 Å². The van der Waals surface area contributed by atoms with Crippen molar-refractivity contribution in [2.24, 2.45) is 0 Å². The Morgan fingerprint density at radius 2 is 1.67 bits per heavy atom. The maximum absolute atomic E-state index is 12.2. The topological polar surface area (TPSA) is 44.4 Å². The molecule has 0 bridgehead atoms. The molecule has 0 radical (unpaired) electrons. The highest BCUT2D eigenvalue weighted by molar-refractivity contribution is 7.80. The minimum Gasteiger partial charge on any atom is -0.372 e. The normalized spacial score (nSPS) is 10.1. The van der Waals surface area contributed by atoms with E-state index in [0.717, 1.165) is 24.3 Å². The molecule has 4 nitrogen and oxygen atoms in total. The highest BCUT2D eigenvalue weighted by Crippen LogP contribution is 2.17. The van der Waals surface area contributed by atoms with Crippen molar-refractivity contribution in [1.82, 2.24) is 5.32 Å². The summed E-state index contributed by atoms with van der Waals surface area (Å²) in [5.74, 6) is -0.203. The summed E-state index contributed by atoms with van der Waals surface area (Å²) in [6, 6.07) is 15.4. The number of rotatable bonds is 5. The van der Waals surface area contributed by atoms with E-state index in [1.54, 1.807) is 6.07 Å². The van der Waals surface area contributed by atoms with Gasteiger partial charge in [0.25, 0.3) is 5.91 Å². The summed E-state index contributed by atoms with van der Waals surface area (Å²) in [6.45, 7) is 8.09. The van der Waals surface area contributed by atoms with Crippen LogP contribution in [0, 0.1) is 6.92 Å². The van der Waals surface area contributed by atoms with E-state index in [0.29, 0.717) is 10.7 Å². The Balaban J connectivity index is 1.97. The summed E-state index contributed by atoms with van der Waals surface area (Å²) >= 11 is 5.23. The molecule has 0 aliphatic carbocycles. The Morgan fingerprint density at radius 1 is 1.04 bits per heavy atom. The molecule has 126 valence electrons. The van der Waals surface area contributed by atoms with Gasteiger partial charge in [-0.25, -0.2) is 0 Å². The predicted molar refractivity (Wildman–Crippen MR) is 105 cm³/mol. The molecule has 0 atom stereocenters. The van der Waals surface area contributed by atoms with Gasteiger partial charge in [0, 0.05) is 30.0 Å². The van der Waals surface area contributed by atoms with Crippen LogP contribution in [0.2, 0.25) is 0 Å². The second-order valence-electron chi connectivity index (χ2n) is 5.44. The van der Waals surface area contributed by atoms with Crippen molar-refractivity contribution in [2.75, 3.05) is 23.3 Å². The van der Waals surface area contributed by atoms with E-state index in [2.05, 4.69) is 29.4 Å². The molecule has 0 unspecified atom stereocenters. The Labute approximate surface area is 148 Å². The fourth-order valence-corrected chi connectivity index (χ4v) is 2.72.